The molecule has 0 fully saturated rings. The Morgan fingerprint density at radius 1 is 1.15 bits per heavy atom. The first-order chi connectivity index (χ1) is 9.63. The normalized spacial score (nSPS) is 10.7. The smallest absolute Gasteiger partial charge is 0.181 e. The highest BCUT2D eigenvalue weighted by molar-refractivity contribution is 9.10. The van der Waals surface area contributed by atoms with Crippen LogP contribution >= 0.6 is 15.9 Å². The fraction of sp³-hybridized carbons (Fsp3) is 0.0714. The number of anilines is 1. The number of hydrogen-bond acceptors (Lipinski definition) is 4. The summed E-state index contributed by atoms with van der Waals surface area (Å²) in [5.41, 5.74) is 8.39. The van der Waals surface area contributed by atoms with Gasteiger partial charge in [-0.05, 0) is 58.7 Å². The Kier molecular flexibility index (Phi) is 3.23. The first kappa shape index (κ1) is 12.8. The van der Waals surface area contributed by atoms with Gasteiger partial charge in [-0.15, -0.1) is 5.10 Å². The molecular formula is C14H12BrN5. The monoisotopic (exact) mass is 329 g/mol. The van der Waals surface area contributed by atoms with Crippen LogP contribution < -0.4 is 5.73 Å². The third-order valence-electron chi connectivity index (χ3n) is 2.84. The number of aryl methyl sites for hydroxylation is 1. The summed E-state index contributed by atoms with van der Waals surface area (Å²) in [5.74, 6) is 1.35. The minimum absolute atomic E-state index is 0.638. The van der Waals surface area contributed by atoms with Gasteiger partial charge in [-0.3, -0.25) is 0 Å². The van der Waals surface area contributed by atoms with Crippen molar-refractivity contribution in [3.63, 3.8) is 0 Å². The van der Waals surface area contributed by atoms with Crippen LogP contribution in [-0.2, 0) is 0 Å². The highest BCUT2D eigenvalue weighted by Crippen LogP contribution is 2.21. The molecule has 3 rings (SSSR count). The number of nitrogens with two attached hydrogens (primary N) is 1. The molecular weight excluding hydrogens is 318 g/mol. The van der Waals surface area contributed by atoms with Crippen LogP contribution in [0.2, 0.25) is 0 Å². The molecule has 3 aromatic rings. The van der Waals surface area contributed by atoms with Crippen molar-refractivity contribution in [3.8, 4) is 17.2 Å². The second-order valence-corrected chi connectivity index (χ2v) is 5.31. The summed E-state index contributed by atoms with van der Waals surface area (Å²) in [6.45, 7) is 1.99. The lowest BCUT2D eigenvalue weighted by Gasteiger charge is -2.03. The molecule has 0 amide bonds. The Labute approximate surface area is 124 Å². The van der Waals surface area contributed by atoms with Crippen molar-refractivity contribution in [3.05, 3.63) is 52.9 Å². The molecule has 0 radical (unpaired) electrons. The zero-order valence-electron chi connectivity index (χ0n) is 10.8. The third-order valence-corrected chi connectivity index (χ3v) is 3.42. The summed E-state index contributed by atoms with van der Waals surface area (Å²) in [6, 6.07) is 9.44. The number of halogens is 1. The van der Waals surface area contributed by atoms with E-state index in [0.29, 0.717) is 11.6 Å². The van der Waals surface area contributed by atoms with E-state index in [1.807, 2.05) is 37.3 Å². The summed E-state index contributed by atoms with van der Waals surface area (Å²) in [7, 11) is 0. The first-order valence-electron chi connectivity index (χ1n) is 6.03. The van der Waals surface area contributed by atoms with Gasteiger partial charge < -0.3 is 5.73 Å². The predicted molar refractivity (Wildman–Crippen MR) is 81.4 cm³/mol. The molecule has 1 aromatic carbocycles. The topological polar surface area (TPSA) is 69.6 Å². The summed E-state index contributed by atoms with van der Waals surface area (Å²) < 4.78 is 2.53. The Morgan fingerprint density at radius 3 is 2.60 bits per heavy atom. The van der Waals surface area contributed by atoms with E-state index < -0.39 is 0 Å². The number of benzene rings is 1. The molecule has 2 heterocycles. The molecule has 0 spiro atoms. The second kappa shape index (κ2) is 5.05. The van der Waals surface area contributed by atoms with E-state index in [1.165, 1.54) is 0 Å². The van der Waals surface area contributed by atoms with Gasteiger partial charge in [0.05, 0.1) is 4.47 Å². The molecule has 2 N–H and O–H groups in total. The van der Waals surface area contributed by atoms with Crippen molar-refractivity contribution in [1.29, 1.82) is 0 Å². The van der Waals surface area contributed by atoms with Crippen molar-refractivity contribution >= 4 is 21.6 Å². The van der Waals surface area contributed by atoms with Crippen molar-refractivity contribution in [2.24, 2.45) is 0 Å². The van der Waals surface area contributed by atoms with Crippen LogP contribution in [0.3, 0.4) is 0 Å². The Balaban J connectivity index is 1.99. The number of nitrogen functional groups attached to an aromatic ring is 1. The summed E-state index contributed by atoms with van der Waals surface area (Å²) >= 11 is 3.49. The van der Waals surface area contributed by atoms with Crippen molar-refractivity contribution in [1.82, 2.24) is 19.7 Å². The van der Waals surface area contributed by atoms with Crippen LogP contribution in [0.4, 0.5) is 5.69 Å². The molecule has 0 atom stereocenters. The molecule has 6 heteroatoms. The van der Waals surface area contributed by atoms with E-state index in [1.54, 1.807) is 17.2 Å². The highest BCUT2D eigenvalue weighted by Gasteiger charge is 2.09. The molecule has 0 saturated heterocycles. The predicted octanol–water partition coefficient (Wildman–Crippen LogP) is 2.98. The lowest BCUT2D eigenvalue weighted by atomic mass is 10.2. The minimum Gasteiger partial charge on any atom is -0.399 e. The average Bonchev–Trinajstić information content (AvgIpc) is 2.89. The van der Waals surface area contributed by atoms with E-state index >= 15 is 0 Å². The quantitative estimate of drug-likeness (QED) is 0.734. The highest BCUT2D eigenvalue weighted by atomic mass is 79.9. The fourth-order valence-electron chi connectivity index (χ4n) is 1.82. The number of aromatic nitrogens is 4. The van der Waals surface area contributed by atoms with E-state index in [0.717, 1.165) is 21.3 Å². The Hall–Kier alpha value is -2.21. The zero-order chi connectivity index (χ0) is 14.1. The molecule has 0 unspecified atom stereocenters. The van der Waals surface area contributed by atoms with Crippen LogP contribution in [0.15, 0.2) is 47.3 Å². The molecule has 0 aliphatic heterocycles. The number of pyridine rings is 1. The second-order valence-electron chi connectivity index (χ2n) is 4.45. The molecule has 0 aliphatic carbocycles. The molecule has 5 nitrogen and oxygen atoms in total. The molecule has 100 valence electrons. The van der Waals surface area contributed by atoms with Crippen LogP contribution in [0.1, 0.15) is 5.56 Å². The van der Waals surface area contributed by atoms with E-state index in [-0.39, 0.29) is 0 Å². The molecule has 0 bridgehead atoms. The Morgan fingerprint density at radius 2 is 1.90 bits per heavy atom. The number of nitrogens with zero attached hydrogens (tertiary/aromatic N) is 4. The summed E-state index contributed by atoms with van der Waals surface area (Å²) in [6.07, 6.45) is 3.44. The van der Waals surface area contributed by atoms with E-state index in [2.05, 4.69) is 31.0 Å². The van der Waals surface area contributed by atoms with Crippen molar-refractivity contribution < 1.29 is 0 Å². The van der Waals surface area contributed by atoms with Gasteiger partial charge in [0.25, 0.3) is 0 Å². The standard InChI is InChI=1S/C14H12BrN5/c1-9-6-12(15)14(17-7-9)20-8-18-13(19-20)10-2-4-11(16)5-3-10/h2-8H,16H2,1H3. The zero-order valence-corrected chi connectivity index (χ0v) is 12.4. The van der Waals surface area contributed by atoms with Crippen molar-refractivity contribution in [2.45, 2.75) is 6.92 Å². The number of hydrogen-bond donors (Lipinski definition) is 1. The van der Waals surface area contributed by atoms with Gasteiger partial charge in [0.2, 0.25) is 0 Å². The van der Waals surface area contributed by atoms with E-state index in [4.69, 9.17) is 5.73 Å². The van der Waals surface area contributed by atoms with Gasteiger partial charge in [0.15, 0.2) is 11.6 Å². The summed E-state index contributed by atoms with van der Waals surface area (Å²) in [5, 5.41) is 4.44. The van der Waals surface area contributed by atoms with Gasteiger partial charge in [-0.25, -0.2) is 14.6 Å². The molecule has 0 aliphatic rings. The SMILES string of the molecule is Cc1cnc(-n2cnc(-c3ccc(N)cc3)n2)c(Br)c1. The van der Waals surface area contributed by atoms with Gasteiger partial charge in [0, 0.05) is 17.4 Å². The fourth-order valence-corrected chi connectivity index (χ4v) is 2.47. The van der Waals surface area contributed by atoms with Crippen LogP contribution in [0.5, 0.6) is 0 Å². The maximum atomic E-state index is 5.67. The van der Waals surface area contributed by atoms with Gasteiger partial charge >= 0.3 is 0 Å². The maximum Gasteiger partial charge on any atom is 0.181 e. The van der Waals surface area contributed by atoms with Crippen LogP contribution in [0, 0.1) is 6.92 Å². The van der Waals surface area contributed by atoms with Gasteiger partial charge in [-0.2, -0.15) is 0 Å². The largest absolute Gasteiger partial charge is 0.399 e. The Bertz CT molecular complexity index is 749. The van der Waals surface area contributed by atoms with Crippen LogP contribution in [0.25, 0.3) is 17.2 Å². The third kappa shape index (κ3) is 2.42. The lowest BCUT2D eigenvalue weighted by Crippen LogP contribution is -2.00. The summed E-state index contributed by atoms with van der Waals surface area (Å²) in [4.78, 5) is 8.67. The maximum absolute atomic E-state index is 5.67. The van der Waals surface area contributed by atoms with E-state index in [9.17, 15) is 0 Å². The minimum atomic E-state index is 0.638. The molecule has 2 aromatic heterocycles. The number of rotatable bonds is 2. The van der Waals surface area contributed by atoms with Gasteiger partial charge in [-0.1, -0.05) is 0 Å². The van der Waals surface area contributed by atoms with Crippen molar-refractivity contribution in [2.75, 3.05) is 5.73 Å². The average molecular weight is 330 g/mol. The lowest BCUT2D eigenvalue weighted by molar-refractivity contribution is 0.841. The van der Waals surface area contributed by atoms with Crippen LogP contribution in [-0.4, -0.2) is 19.7 Å². The van der Waals surface area contributed by atoms with Gasteiger partial charge in [0.1, 0.15) is 6.33 Å². The molecule has 20 heavy (non-hydrogen) atoms. The first-order valence-corrected chi connectivity index (χ1v) is 6.83. The molecule has 0 saturated carbocycles.